The largest absolute Gasteiger partial charge is 0.463 e. The SMILES string of the molecule is CCCOc1nc(Cl)nc(N(C)C(C)(C)CC)n1. The molecule has 0 bridgehead atoms. The van der Waals surface area contributed by atoms with Crippen LogP contribution in [0.4, 0.5) is 5.95 Å². The molecule has 0 fully saturated rings. The number of nitrogens with zero attached hydrogens (tertiary/aromatic N) is 4. The lowest BCUT2D eigenvalue weighted by atomic mass is 10.0. The summed E-state index contributed by atoms with van der Waals surface area (Å²) in [6.45, 7) is 8.96. The van der Waals surface area contributed by atoms with Gasteiger partial charge in [-0.2, -0.15) is 15.0 Å². The summed E-state index contributed by atoms with van der Waals surface area (Å²) in [6, 6.07) is 0.283. The highest BCUT2D eigenvalue weighted by atomic mass is 35.5. The molecule has 1 rings (SSSR count). The first-order chi connectivity index (χ1) is 8.40. The third-order valence-corrected chi connectivity index (χ3v) is 3.25. The number of hydrogen-bond donors (Lipinski definition) is 0. The van der Waals surface area contributed by atoms with Crippen LogP contribution in [0, 0.1) is 0 Å². The van der Waals surface area contributed by atoms with Crippen molar-refractivity contribution in [3.63, 3.8) is 0 Å². The highest BCUT2D eigenvalue weighted by Gasteiger charge is 2.24. The minimum atomic E-state index is -0.0489. The summed E-state index contributed by atoms with van der Waals surface area (Å²) in [4.78, 5) is 14.4. The number of halogens is 1. The average Bonchev–Trinajstić information content (AvgIpc) is 2.34. The molecule has 0 unspecified atom stereocenters. The van der Waals surface area contributed by atoms with Gasteiger partial charge in [0.25, 0.3) is 0 Å². The monoisotopic (exact) mass is 272 g/mol. The molecule has 0 aromatic carbocycles. The third kappa shape index (κ3) is 3.70. The Hall–Kier alpha value is -1.10. The topological polar surface area (TPSA) is 51.1 Å². The van der Waals surface area contributed by atoms with Crippen molar-refractivity contribution < 1.29 is 4.74 Å². The van der Waals surface area contributed by atoms with E-state index in [0.717, 1.165) is 12.8 Å². The molecule has 18 heavy (non-hydrogen) atoms. The molecule has 0 aliphatic rings. The summed E-state index contributed by atoms with van der Waals surface area (Å²) in [6.07, 6.45) is 1.87. The maximum Gasteiger partial charge on any atom is 0.322 e. The Morgan fingerprint density at radius 3 is 2.44 bits per heavy atom. The van der Waals surface area contributed by atoms with Crippen molar-refractivity contribution in [3.8, 4) is 6.01 Å². The van der Waals surface area contributed by atoms with Gasteiger partial charge in [-0.05, 0) is 38.3 Å². The zero-order valence-corrected chi connectivity index (χ0v) is 12.5. The second-order valence-corrected chi connectivity index (χ2v) is 5.10. The Kier molecular flexibility index (Phi) is 5.14. The number of ether oxygens (including phenoxy) is 1. The van der Waals surface area contributed by atoms with E-state index in [9.17, 15) is 0 Å². The Balaban J connectivity index is 2.98. The molecular formula is C12H21ClN4O. The van der Waals surface area contributed by atoms with E-state index in [0.29, 0.717) is 12.6 Å². The highest BCUT2D eigenvalue weighted by Crippen LogP contribution is 2.23. The van der Waals surface area contributed by atoms with E-state index in [-0.39, 0.29) is 16.8 Å². The summed E-state index contributed by atoms with van der Waals surface area (Å²) < 4.78 is 5.40. The van der Waals surface area contributed by atoms with E-state index >= 15 is 0 Å². The minimum absolute atomic E-state index is 0.0489. The van der Waals surface area contributed by atoms with Crippen molar-refractivity contribution in [2.45, 2.75) is 46.1 Å². The van der Waals surface area contributed by atoms with Gasteiger partial charge in [0, 0.05) is 12.6 Å². The Labute approximate surface area is 114 Å². The molecule has 6 heteroatoms. The average molecular weight is 273 g/mol. The summed E-state index contributed by atoms with van der Waals surface area (Å²) in [5, 5.41) is 0.157. The standard InChI is InChI=1S/C12H21ClN4O/c1-6-8-18-11-15-9(13)14-10(16-11)17(5)12(3,4)7-2/h6-8H2,1-5H3. The van der Waals surface area contributed by atoms with Crippen LogP contribution < -0.4 is 9.64 Å². The van der Waals surface area contributed by atoms with Gasteiger partial charge in [-0.1, -0.05) is 13.8 Å². The smallest absolute Gasteiger partial charge is 0.322 e. The molecule has 0 atom stereocenters. The van der Waals surface area contributed by atoms with Crippen LogP contribution in [0.15, 0.2) is 0 Å². The van der Waals surface area contributed by atoms with Gasteiger partial charge in [0.2, 0.25) is 11.2 Å². The van der Waals surface area contributed by atoms with Gasteiger partial charge in [0.1, 0.15) is 0 Å². The van der Waals surface area contributed by atoms with Crippen LogP contribution in [0.1, 0.15) is 40.5 Å². The fraction of sp³-hybridized carbons (Fsp3) is 0.750. The van der Waals surface area contributed by atoms with E-state index in [1.54, 1.807) is 0 Å². The first-order valence-electron chi connectivity index (χ1n) is 6.19. The predicted molar refractivity (Wildman–Crippen MR) is 73.4 cm³/mol. The molecule has 0 saturated carbocycles. The van der Waals surface area contributed by atoms with Gasteiger partial charge in [-0.25, -0.2) is 0 Å². The zero-order chi connectivity index (χ0) is 13.8. The number of anilines is 1. The lowest BCUT2D eigenvalue weighted by molar-refractivity contribution is 0.290. The van der Waals surface area contributed by atoms with Crippen LogP contribution in [0.25, 0.3) is 0 Å². The fourth-order valence-electron chi connectivity index (χ4n) is 1.24. The van der Waals surface area contributed by atoms with Crippen molar-refractivity contribution in [2.75, 3.05) is 18.6 Å². The number of hydrogen-bond acceptors (Lipinski definition) is 5. The first-order valence-corrected chi connectivity index (χ1v) is 6.56. The molecule has 0 radical (unpaired) electrons. The fourth-order valence-corrected chi connectivity index (χ4v) is 1.39. The molecule has 5 nitrogen and oxygen atoms in total. The molecule has 0 saturated heterocycles. The lowest BCUT2D eigenvalue weighted by Crippen LogP contribution is -2.41. The summed E-state index contributed by atoms with van der Waals surface area (Å²) in [5.74, 6) is 0.535. The van der Waals surface area contributed by atoms with Gasteiger partial charge >= 0.3 is 6.01 Å². The van der Waals surface area contributed by atoms with Gasteiger partial charge < -0.3 is 9.64 Å². The van der Waals surface area contributed by atoms with Crippen molar-refractivity contribution in [1.82, 2.24) is 15.0 Å². The van der Waals surface area contributed by atoms with E-state index < -0.39 is 0 Å². The molecule has 0 spiro atoms. The normalized spacial score (nSPS) is 11.4. The second-order valence-electron chi connectivity index (χ2n) is 4.76. The second kappa shape index (κ2) is 6.18. The van der Waals surface area contributed by atoms with E-state index in [4.69, 9.17) is 16.3 Å². The zero-order valence-electron chi connectivity index (χ0n) is 11.7. The molecule has 1 aromatic rings. The Morgan fingerprint density at radius 2 is 1.89 bits per heavy atom. The quantitative estimate of drug-likeness (QED) is 0.797. The number of aromatic nitrogens is 3. The van der Waals surface area contributed by atoms with Gasteiger partial charge in [-0.15, -0.1) is 0 Å². The maximum absolute atomic E-state index is 5.90. The summed E-state index contributed by atoms with van der Waals surface area (Å²) in [5.41, 5.74) is -0.0489. The molecular weight excluding hydrogens is 252 g/mol. The molecule has 1 aromatic heterocycles. The molecule has 1 heterocycles. The summed E-state index contributed by atoms with van der Waals surface area (Å²) >= 11 is 5.90. The van der Waals surface area contributed by atoms with Gasteiger partial charge in [0.15, 0.2) is 0 Å². The van der Waals surface area contributed by atoms with Crippen LogP contribution in [0.5, 0.6) is 6.01 Å². The van der Waals surface area contributed by atoms with Crippen molar-refractivity contribution in [3.05, 3.63) is 5.28 Å². The van der Waals surface area contributed by atoms with Crippen LogP contribution in [0.2, 0.25) is 5.28 Å². The van der Waals surface area contributed by atoms with Crippen molar-refractivity contribution in [2.24, 2.45) is 0 Å². The third-order valence-electron chi connectivity index (χ3n) is 3.08. The van der Waals surface area contributed by atoms with Crippen LogP contribution in [-0.2, 0) is 0 Å². The number of rotatable bonds is 6. The van der Waals surface area contributed by atoms with Crippen molar-refractivity contribution >= 4 is 17.5 Å². The van der Waals surface area contributed by atoms with Crippen molar-refractivity contribution in [1.29, 1.82) is 0 Å². The Bertz CT molecular complexity index is 398. The summed E-state index contributed by atoms with van der Waals surface area (Å²) in [7, 11) is 1.94. The minimum Gasteiger partial charge on any atom is -0.463 e. The molecule has 102 valence electrons. The lowest BCUT2D eigenvalue weighted by Gasteiger charge is -2.34. The molecule has 0 N–H and O–H groups in total. The first kappa shape index (κ1) is 15.0. The Morgan fingerprint density at radius 1 is 1.22 bits per heavy atom. The van der Waals surface area contributed by atoms with E-state index in [1.165, 1.54) is 0 Å². The maximum atomic E-state index is 5.90. The van der Waals surface area contributed by atoms with Crippen LogP contribution in [-0.4, -0.2) is 34.1 Å². The van der Waals surface area contributed by atoms with E-state index in [1.807, 2.05) is 18.9 Å². The predicted octanol–water partition coefficient (Wildman–Crippen LogP) is 2.94. The molecule has 0 amide bonds. The highest BCUT2D eigenvalue weighted by molar-refractivity contribution is 6.28. The van der Waals surface area contributed by atoms with Crippen LogP contribution in [0.3, 0.4) is 0 Å². The van der Waals surface area contributed by atoms with Gasteiger partial charge in [-0.3, -0.25) is 0 Å². The van der Waals surface area contributed by atoms with Crippen LogP contribution >= 0.6 is 11.6 Å². The van der Waals surface area contributed by atoms with Gasteiger partial charge in [0.05, 0.1) is 6.61 Å². The molecule has 0 aliphatic heterocycles. The van der Waals surface area contributed by atoms with E-state index in [2.05, 4.69) is 35.7 Å². The molecule has 0 aliphatic carbocycles.